The molecule has 0 saturated carbocycles. The second kappa shape index (κ2) is 8.40. The maximum absolute atomic E-state index is 12.5. The van der Waals surface area contributed by atoms with Gasteiger partial charge >= 0.3 is 0 Å². The summed E-state index contributed by atoms with van der Waals surface area (Å²) in [7, 11) is 1.63. The average molecular weight is 456 g/mol. The molecule has 1 amide bonds. The van der Waals surface area contributed by atoms with Crippen molar-refractivity contribution in [2.24, 2.45) is 0 Å². The van der Waals surface area contributed by atoms with Crippen molar-refractivity contribution in [1.82, 2.24) is 30.0 Å². The zero-order valence-corrected chi connectivity index (χ0v) is 19.2. The quantitative estimate of drug-likeness (QED) is 0.380. The third-order valence-electron chi connectivity index (χ3n) is 5.17. The molecule has 0 radical (unpaired) electrons. The van der Waals surface area contributed by atoms with Gasteiger partial charge in [0.25, 0.3) is 5.91 Å². The number of nitrogens with one attached hydrogen (secondary N) is 2. The molecule has 0 aliphatic rings. The summed E-state index contributed by atoms with van der Waals surface area (Å²) in [4.78, 5) is 24.4. The van der Waals surface area contributed by atoms with Crippen LogP contribution < -0.4 is 11.1 Å². The van der Waals surface area contributed by atoms with E-state index < -0.39 is 0 Å². The van der Waals surface area contributed by atoms with Crippen LogP contribution >= 0.6 is 11.6 Å². The van der Waals surface area contributed by atoms with E-state index in [4.69, 9.17) is 27.2 Å². The lowest BCUT2D eigenvalue weighted by molar-refractivity contribution is 0.0948. The molecule has 0 fully saturated rings. The number of nitrogens with two attached hydrogens (primary N) is 1. The first-order valence-corrected chi connectivity index (χ1v) is 10.7. The number of halogens is 1. The lowest BCUT2D eigenvalue weighted by Gasteiger charge is -2.19. The molecule has 10 heteroatoms. The first-order valence-electron chi connectivity index (χ1n) is 10.3. The SMILES string of the molecule is COCCCNC(=O)c1ccc2c(Cl)c(-c3nn(C(C)(C)C)c4ncnc(N)c34)[nH]c2c1. The van der Waals surface area contributed by atoms with Crippen LogP contribution in [0.15, 0.2) is 24.5 Å². The molecular formula is C22H26ClN7O2. The molecule has 0 bridgehead atoms. The number of H-pyrrole nitrogens is 1. The van der Waals surface area contributed by atoms with Gasteiger partial charge in [0.15, 0.2) is 5.65 Å². The lowest BCUT2D eigenvalue weighted by atomic mass is 10.1. The number of anilines is 1. The number of nitrogens with zero attached hydrogens (tertiary/aromatic N) is 4. The van der Waals surface area contributed by atoms with Crippen molar-refractivity contribution in [2.75, 3.05) is 26.0 Å². The number of aromatic nitrogens is 5. The first-order chi connectivity index (χ1) is 15.2. The minimum absolute atomic E-state index is 0.157. The smallest absolute Gasteiger partial charge is 0.251 e. The highest BCUT2D eigenvalue weighted by molar-refractivity contribution is 6.38. The molecule has 4 rings (SSSR count). The Morgan fingerprint density at radius 2 is 2.09 bits per heavy atom. The summed E-state index contributed by atoms with van der Waals surface area (Å²) >= 11 is 6.74. The molecule has 9 nitrogen and oxygen atoms in total. The van der Waals surface area contributed by atoms with E-state index in [1.807, 2.05) is 31.5 Å². The van der Waals surface area contributed by atoms with E-state index in [2.05, 4.69) is 20.3 Å². The first kappa shape index (κ1) is 22.0. The highest BCUT2D eigenvalue weighted by atomic mass is 35.5. The number of ether oxygens (including phenoxy) is 1. The van der Waals surface area contributed by atoms with Crippen LogP contribution in [0, 0.1) is 0 Å². The Balaban J connectivity index is 1.79. The maximum Gasteiger partial charge on any atom is 0.251 e. The number of aromatic amines is 1. The van der Waals surface area contributed by atoms with E-state index in [0.717, 1.165) is 17.3 Å². The number of rotatable bonds is 6. The van der Waals surface area contributed by atoms with Gasteiger partial charge in [-0.1, -0.05) is 17.7 Å². The van der Waals surface area contributed by atoms with Gasteiger partial charge in [0.05, 0.1) is 21.6 Å². The summed E-state index contributed by atoms with van der Waals surface area (Å²) in [6.07, 6.45) is 2.17. The molecule has 4 N–H and O–H groups in total. The summed E-state index contributed by atoms with van der Waals surface area (Å²) in [5, 5.41) is 9.59. The Morgan fingerprint density at radius 1 is 1.31 bits per heavy atom. The molecule has 1 aromatic carbocycles. The van der Waals surface area contributed by atoms with Crippen LogP contribution in [-0.4, -0.2) is 50.9 Å². The molecule has 3 heterocycles. The number of nitrogen functional groups attached to an aromatic ring is 1. The predicted molar refractivity (Wildman–Crippen MR) is 126 cm³/mol. The van der Waals surface area contributed by atoms with E-state index >= 15 is 0 Å². The minimum Gasteiger partial charge on any atom is -0.385 e. The number of methoxy groups -OCH3 is 1. The van der Waals surface area contributed by atoms with Crippen LogP contribution in [0.5, 0.6) is 0 Å². The van der Waals surface area contributed by atoms with Crippen LogP contribution in [0.1, 0.15) is 37.6 Å². The molecule has 0 aliphatic carbocycles. The van der Waals surface area contributed by atoms with Gasteiger partial charge in [-0.05, 0) is 39.3 Å². The number of hydrogen-bond acceptors (Lipinski definition) is 6. The summed E-state index contributed by atoms with van der Waals surface area (Å²) in [6.45, 7) is 7.23. The van der Waals surface area contributed by atoms with Crippen molar-refractivity contribution in [1.29, 1.82) is 0 Å². The second-order valence-corrected chi connectivity index (χ2v) is 8.94. The van der Waals surface area contributed by atoms with Crippen molar-refractivity contribution in [2.45, 2.75) is 32.7 Å². The summed E-state index contributed by atoms with van der Waals surface area (Å²) < 4.78 is 6.83. The molecular weight excluding hydrogens is 430 g/mol. The van der Waals surface area contributed by atoms with Gasteiger partial charge in [-0.2, -0.15) is 5.10 Å². The number of amides is 1. The van der Waals surface area contributed by atoms with E-state index in [1.165, 1.54) is 6.33 Å². The minimum atomic E-state index is -0.330. The van der Waals surface area contributed by atoms with Crippen molar-refractivity contribution < 1.29 is 9.53 Å². The van der Waals surface area contributed by atoms with E-state index in [9.17, 15) is 4.79 Å². The van der Waals surface area contributed by atoms with Crippen LogP contribution in [0.4, 0.5) is 5.82 Å². The number of fused-ring (bicyclic) bond motifs is 2. The number of hydrogen-bond donors (Lipinski definition) is 3. The number of carbonyl (C=O) groups excluding carboxylic acids is 1. The van der Waals surface area contributed by atoms with Crippen molar-refractivity contribution in [3.05, 3.63) is 35.1 Å². The van der Waals surface area contributed by atoms with Gasteiger partial charge in [0, 0.05) is 36.7 Å². The molecule has 3 aromatic heterocycles. The molecule has 32 heavy (non-hydrogen) atoms. The summed E-state index contributed by atoms with van der Waals surface area (Å²) in [5.41, 5.74) is 8.94. The molecule has 168 valence electrons. The average Bonchev–Trinajstić information content (AvgIpc) is 3.30. The highest BCUT2D eigenvalue weighted by Gasteiger charge is 2.26. The summed E-state index contributed by atoms with van der Waals surface area (Å²) in [6, 6.07) is 5.35. The Labute approximate surface area is 190 Å². The second-order valence-electron chi connectivity index (χ2n) is 8.57. The van der Waals surface area contributed by atoms with Crippen LogP contribution in [0.3, 0.4) is 0 Å². The molecule has 4 aromatic rings. The van der Waals surface area contributed by atoms with Gasteiger partial charge in [-0.3, -0.25) is 4.79 Å². The molecule has 0 saturated heterocycles. The normalized spacial score (nSPS) is 12.0. The van der Waals surface area contributed by atoms with Crippen molar-refractivity contribution >= 4 is 45.3 Å². The van der Waals surface area contributed by atoms with Gasteiger partial charge in [-0.25, -0.2) is 14.6 Å². The van der Waals surface area contributed by atoms with Gasteiger partial charge in [0.2, 0.25) is 0 Å². The van der Waals surface area contributed by atoms with Crippen LogP contribution in [0.25, 0.3) is 33.3 Å². The van der Waals surface area contributed by atoms with E-state index in [0.29, 0.717) is 52.0 Å². The zero-order valence-electron chi connectivity index (χ0n) is 18.5. The van der Waals surface area contributed by atoms with E-state index in [1.54, 1.807) is 19.2 Å². The predicted octanol–water partition coefficient (Wildman–Crippen LogP) is 3.73. The summed E-state index contributed by atoms with van der Waals surface area (Å²) in [5.74, 6) is 0.168. The van der Waals surface area contributed by atoms with Crippen molar-refractivity contribution in [3.63, 3.8) is 0 Å². The fraction of sp³-hybridized carbons (Fsp3) is 0.364. The van der Waals surface area contributed by atoms with Gasteiger partial charge in [-0.15, -0.1) is 0 Å². The maximum atomic E-state index is 12.5. The molecule has 0 spiro atoms. The molecule has 0 aliphatic heterocycles. The lowest BCUT2D eigenvalue weighted by Crippen LogP contribution is -2.25. The zero-order chi connectivity index (χ0) is 23.0. The Morgan fingerprint density at radius 3 is 2.81 bits per heavy atom. The fourth-order valence-electron chi connectivity index (χ4n) is 3.61. The topological polar surface area (TPSA) is 124 Å². The Kier molecular flexibility index (Phi) is 5.79. The third kappa shape index (κ3) is 3.89. The molecule has 0 atom stereocenters. The van der Waals surface area contributed by atoms with Crippen LogP contribution in [0.2, 0.25) is 5.02 Å². The van der Waals surface area contributed by atoms with Crippen molar-refractivity contribution in [3.8, 4) is 11.4 Å². The monoisotopic (exact) mass is 455 g/mol. The number of carbonyl (C=O) groups is 1. The van der Waals surface area contributed by atoms with E-state index in [-0.39, 0.29) is 11.4 Å². The third-order valence-corrected chi connectivity index (χ3v) is 5.57. The van der Waals surface area contributed by atoms with Crippen LogP contribution in [-0.2, 0) is 10.3 Å². The standard InChI is InChI=1S/C22H26ClN7O2/c1-22(2,3)30-20-15(19(24)26-11-27-20)17(29-30)18-16(23)13-7-6-12(10-14(13)28-18)21(31)25-8-5-9-32-4/h6-7,10-11,28H,5,8-9H2,1-4H3,(H,25,31)(H2,24,26,27). The fourth-order valence-corrected chi connectivity index (χ4v) is 3.91. The molecule has 0 unspecified atom stereocenters. The number of benzene rings is 1. The van der Waals surface area contributed by atoms with Gasteiger partial charge in [0.1, 0.15) is 17.8 Å². The largest absolute Gasteiger partial charge is 0.385 e. The Bertz CT molecular complexity index is 1300. The highest BCUT2D eigenvalue weighted by Crippen LogP contribution is 2.39. The van der Waals surface area contributed by atoms with Gasteiger partial charge < -0.3 is 20.8 Å². The Hall–Kier alpha value is -3.17.